The van der Waals surface area contributed by atoms with Crippen LogP contribution < -0.4 is 5.32 Å². The lowest BCUT2D eigenvalue weighted by Gasteiger charge is -2.18. The van der Waals surface area contributed by atoms with Crippen LogP contribution in [0, 0.1) is 5.82 Å². The van der Waals surface area contributed by atoms with Crippen molar-refractivity contribution < 1.29 is 8.91 Å². The number of benzene rings is 1. The van der Waals surface area contributed by atoms with Gasteiger partial charge < -0.3 is 9.84 Å². The van der Waals surface area contributed by atoms with Crippen LogP contribution in [0.2, 0.25) is 5.02 Å². The van der Waals surface area contributed by atoms with Gasteiger partial charge in [0.2, 0.25) is 0 Å². The van der Waals surface area contributed by atoms with Crippen molar-refractivity contribution in [2.24, 2.45) is 0 Å². The highest BCUT2D eigenvalue weighted by atomic mass is 35.5. The Hall–Kier alpha value is -1.46. The molecule has 0 amide bonds. The Labute approximate surface area is 115 Å². The molecule has 1 saturated heterocycles. The number of nitrogens with zero attached hydrogens (tertiary/aromatic N) is 2. The molecule has 100 valence electrons. The van der Waals surface area contributed by atoms with Crippen LogP contribution >= 0.6 is 11.6 Å². The number of rotatable bonds is 2. The first kappa shape index (κ1) is 12.6. The van der Waals surface area contributed by atoms with E-state index < -0.39 is 5.82 Å². The average Bonchev–Trinajstić information content (AvgIpc) is 2.92. The van der Waals surface area contributed by atoms with Crippen LogP contribution in [0.4, 0.5) is 4.39 Å². The second-order valence-electron chi connectivity index (χ2n) is 4.58. The number of hydrogen-bond acceptors (Lipinski definition) is 4. The standard InChI is InChI=1S/C13H13ClFN3O/c14-11-9(2-1-3-10(11)15)13-17-12(18-19-13)8-4-6-16-7-5-8/h1-3,8,16H,4-7H2. The Morgan fingerprint density at radius 3 is 2.89 bits per heavy atom. The summed E-state index contributed by atoms with van der Waals surface area (Å²) < 4.78 is 18.6. The average molecular weight is 282 g/mol. The molecule has 0 aliphatic carbocycles. The Morgan fingerprint density at radius 2 is 2.11 bits per heavy atom. The van der Waals surface area contributed by atoms with Crippen molar-refractivity contribution in [2.45, 2.75) is 18.8 Å². The van der Waals surface area contributed by atoms with Crippen molar-refractivity contribution in [3.8, 4) is 11.5 Å². The van der Waals surface area contributed by atoms with E-state index in [2.05, 4.69) is 15.5 Å². The number of halogens is 2. The molecule has 1 fully saturated rings. The van der Waals surface area contributed by atoms with Crippen molar-refractivity contribution >= 4 is 11.6 Å². The molecule has 6 heteroatoms. The molecule has 1 aliphatic rings. The summed E-state index contributed by atoms with van der Waals surface area (Å²) in [6, 6.07) is 4.55. The molecule has 1 aliphatic heterocycles. The first-order valence-electron chi connectivity index (χ1n) is 6.24. The smallest absolute Gasteiger partial charge is 0.259 e. The molecular formula is C13H13ClFN3O. The van der Waals surface area contributed by atoms with Crippen LogP contribution in [0.15, 0.2) is 22.7 Å². The lowest BCUT2D eigenvalue weighted by Crippen LogP contribution is -2.27. The van der Waals surface area contributed by atoms with Gasteiger partial charge in [0.15, 0.2) is 5.82 Å². The maximum absolute atomic E-state index is 13.4. The summed E-state index contributed by atoms with van der Waals surface area (Å²) in [6.07, 6.45) is 1.96. The third kappa shape index (κ3) is 2.48. The summed E-state index contributed by atoms with van der Waals surface area (Å²) in [5, 5.41) is 7.29. The van der Waals surface area contributed by atoms with Crippen molar-refractivity contribution in [3.05, 3.63) is 34.9 Å². The highest BCUT2D eigenvalue weighted by molar-refractivity contribution is 6.33. The fourth-order valence-corrected chi connectivity index (χ4v) is 2.47. The molecular weight excluding hydrogens is 269 g/mol. The van der Waals surface area contributed by atoms with Crippen LogP contribution in [-0.4, -0.2) is 23.2 Å². The highest BCUT2D eigenvalue weighted by Crippen LogP contribution is 2.30. The molecule has 4 nitrogen and oxygen atoms in total. The molecule has 1 N–H and O–H groups in total. The maximum atomic E-state index is 13.4. The van der Waals surface area contributed by atoms with Gasteiger partial charge in [-0.25, -0.2) is 4.39 Å². The van der Waals surface area contributed by atoms with E-state index in [0.717, 1.165) is 25.9 Å². The normalized spacial score (nSPS) is 16.7. The number of aromatic nitrogens is 2. The SMILES string of the molecule is Fc1cccc(-c2nc(C3CCNCC3)no2)c1Cl. The van der Waals surface area contributed by atoms with Crippen LogP contribution in [0.5, 0.6) is 0 Å². The largest absolute Gasteiger partial charge is 0.334 e. The Balaban J connectivity index is 1.90. The number of hydrogen-bond donors (Lipinski definition) is 1. The monoisotopic (exact) mass is 281 g/mol. The van der Waals surface area contributed by atoms with E-state index in [1.54, 1.807) is 12.1 Å². The summed E-state index contributed by atoms with van der Waals surface area (Å²) in [7, 11) is 0. The predicted octanol–water partition coefficient (Wildman–Crippen LogP) is 3.00. The Bertz CT molecular complexity index is 581. The first-order chi connectivity index (χ1) is 9.25. The van der Waals surface area contributed by atoms with E-state index in [1.807, 2.05) is 0 Å². The third-order valence-corrected chi connectivity index (χ3v) is 3.71. The first-order valence-corrected chi connectivity index (χ1v) is 6.62. The molecule has 2 aromatic rings. The van der Waals surface area contributed by atoms with Gasteiger partial charge in [-0.15, -0.1) is 0 Å². The quantitative estimate of drug-likeness (QED) is 0.919. The minimum absolute atomic E-state index is 0.0167. The van der Waals surface area contributed by atoms with Gasteiger partial charge in [-0.1, -0.05) is 22.8 Å². The lowest BCUT2D eigenvalue weighted by molar-refractivity contribution is 0.392. The molecule has 0 bridgehead atoms. The van der Waals surface area contributed by atoms with E-state index in [-0.39, 0.29) is 10.9 Å². The Morgan fingerprint density at radius 1 is 1.32 bits per heavy atom. The fraction of sp³-hybridized carbons (Fsp3) is 0.385. The predicted molar refractivity (Wildman–Crippen MR) is 69.5 cm³/mol. The van der Waals surface area contributed by atoms with E-state index in [1.165, 1.54) is 6.07 Å². The fourth-order valence-electron chi connectivity index (χ4n) is 2.26. The van der Waals surface area contributed by atoms with Crippen LogP contribution in [0.3, 0.4) is 0 Å². The molecule has 0 radical (unpaired) electrons. The summed E-state index contributed by atoms with van der Waals surface area (Å²) in [5.74, 6) is 0.765. The second kappa shape index (κ2) is 5.27. The van der Waals surface area contributed by atoms with Gasteiger partial charge >= 0.3 is 0 Å². The van der Waals surface area contributed by atoms with E-state index in [4.69, 9.17) is 16.1 Å². The molecule has 1 aromatic carbocycles. The molecule has 0 spiro atoms. The van der Waals surface area contributed by atoms with E-state index in [9.17, 15) is 4.39 Å². The van der Waals surface area contributed by atoms with Gasteiger partial charge in [-0.05, 0) is 38.1 Å². The lowest BCUT2D eigenvalue weighted by atomic mass is 9.98. The van der Waals surface area contributed by atoms with Gasteiger partial charge in [-0.2, -0.15) is 4.98 Å². The van der Waals surface area contributed by atoms with Crippen molar-refractivity contribution in [3.63, 3.8) is 0 Å². The van der Waals surface area contributed by atoms with E-state index >= 15 is 0 Å². The molecule has 3 rings (SSSR count). The minimum Gasteiger partial charge on any atom is -0.334 e. The zero-order valence-electron chi connectivity index (χ0n) is 10.2. The summed E-state index contributed by atoms with van der Waals surface area (Å²) in [6.45, 7) is 1.91. The van der Waals surface area contributed by atoms with Gasteiger partial charge in [0, 0.05) is 5.92 Å². The van der Waals surface area contributed by atoms with Gasteiger partial charge in [-0.3, -0.25) is 0 Å². The topological polar surface area (TPSA) is 51.0 Å². The van der Waals surface area contributed by atoms with Crippen LogP contribution in [-0.2, 0) is 0 Å². The molecule has 1 aromatic heterocycles. The third-order valence-electron chi connectivity index (χ3n) is 3.33. The summed E-state index contributed by atoms with van der Waals surface area (Å²) in [4.78, 5) is 4.35. The zero-order valence-corrected chi connectivity index (χ0v) is 11.0. The van der Waals surface area contributed by atoms with Gasteiger partial charge in [0.05, 0.1) is 10.6 Å². The molecule has 19 heavy (non-hydrogen) atoms. The summed E-state index contributed by atoms with van der Waals surface area (Å²) >= 11 is 5.91. The molecule has 2 heterocycles. The second-order valence-corrected chi connectivity index (χ2v) is 4.96. The van der Waals surface area contributed by atoms with Crippen molar-refractivity contribution in [2.75, 3.05) is 13.1 Å². The van der Waals surface area contributed by atoms with Crippen molar-refractivity contribution in [1.29, 1.82) is 0 Å². The highest BCUT2D eigenvalue weighted by Gasteiger charge is 2.22. The summed E-state index contributed by atoms with van der Waals surface area (Å²) in [5.41, 5.74) is 0.439. The minimum atomic E-state index is -0.485. The van der Waals surface area contributed by atoms with Crippen LogP contribution in [0.1, 0.15) is 24.6 Å². The van der Waals surface area contributed by atoms with E-state index in [0.29, 0.717) is 17.3 Å². The molecule has 0 unspecified atom stereocenters. The van der Waals surface area contributed by atoms with Gasteiger partial charge in [0.1, 0.15) is 5.82 Å². The van der Waals surface area contributed by atoms with Crippen molar-refractivity contribution in [1.82, 2.24) is 15.5 Å². The Kier molecular flexibility index (Phi) is 3.48. The van der Waals surface area contributed by atoms with Gasteiger partial charge in [0.25, 0.3) is 5.89 Å². The molecule has 0 saturated carbocycles. The van der Waals surface area contributed by atoms with Crippen LogP contribution in [0.25, 0.3) is 11.5 Å². The molecule has 0 atom stereocenters. The number of piperidine rings is 1. The number of nitrogens with one attached hydrogen (secondary N) is 1. The zero-order chi connectivity index (χ0) is 13.2. The maximum Gasteiger partial charge on any atom is 0.259 e.